The predicted molar refractivity (Wildman–Crippen MR) is 149 cm³/mol. The third kappa shape index (κ3) is 5.60. The Bertz CT molecular complexity index is 1140. The second-order valence-corrected chi connectivity index (χ2v) is 10.2. The minimum Gasteiger partial charge on any atom is -0.496 e. The Morgan fingerprint density at radius 3 is 2.53 bits per heavy atom. The first kappa shape index (κ1) is 26.2. The molecule has 196 valence electrons. The van der Waals surface area contributed by atoms with Crippen molar-refractivity contribution in [3.8, 4) is 5.75 Å². The third-order valence-corrected chi connectivity index (χ3v) is 7.13. The highest BCUT2D eigenvalue weighted by Gasteiger charge is 2.49. The molecule has 1 spiro atoms. The number of nitrogens with two attached hydrogens (primary N) is 1. The van der Waals surface area contributed by atoms with Crippen LogP contribution in [0.25, 0.3) is 11.0 Å². The van der Waals surface area contributed by atoms with Gasteiger partial charge in [0.2, 0.25) is 5.95 Å². The Morgan fingerprint density at radius 2 is 1.83 bits per heavy atom. The van der Waals surface area contributed by atoms with Gasteiger partial charge in [-0.15, -0.1) is 0 Å². The fourth-order valence-electron chi connectivity index (χ4n) is 5.73. The number of aromatic nitrogens is 3. The normalized spacial score (nSPS) is 16.8. The van der Waals surface area contributed by atoms with E-state index in [4.69, 9.17) is 10.5 Å². The third-order valence-electron chi connectivity index (χ3n) is 7.13. The fourth-order valence-corrected chi connectivity index (χ4v) is 5.73. The largest absolute Gasteiger partial charge is 0.496 e. The molecule has 5 rings (SSSR count). The lowest BCUT2D eigenvalue weighted by atomic mass is 9.73. The van der Waals surface area contributed by atoms with Gasteiger partial charge in [0.25, 0.3) is 0 Å². The smallest absolute Gasteiger partial charge is 0.222 e. The van der Waals surface area contributed by atoms with E-state index >= 15 is 0 Å². The van der Waals surface area contributed by atoms with E-state index in [1.165, 1.54) is 44.6 Å². The number of nitrogens with one attached hydrogen (secondary N) is 1. The van der Waals surface area contributed by atoms with Crippen molar-refractivity contribution in [2.75, 3.05) is 57.9 Å². The van der Waals surface area contributed by atoms with Gasteiger partial charge in [0, 0.05) is 56.4 Å². The molecule has 0 atom stereocenters. The summed E-state index contributed by atoms with van der Waals surface area (Å²) in [5.74, 6) is 2.02. The fraction of sp³-hybridized carbons (Fsp3) is 0.571. The first-order chi connectivity index (χ1) is 17.5. The van der Waals surface area contributed by atoms with Crippen molar-refractivity contribution in [3.05, 3.63) is 41.6 Å². The quantitative estimate of drug-likeness (QED) is 0.404. The summed E-state index contributed by atoms with van der Waals surface area (Å²) in [5, 5.41) is 3.47. The van der Waals surface area contributed by atoms with Gasteiger partial charge in [-0.25, -0.2) is 4.98 Å². The van der Waals surface area contributed by atoms with Gasteiger partial charge in [-0.1, -0.05) is 45.7 Å². The van der Waals surface area contributed by atoms with Gasteiger partial charge < -0.3 is 25.3 Å². The summed E-state index contributed by atoms with van der Waals surface area (Å²) in [4.78, 5) is 13.9. The summed E-state index contributed by atoms with van der Waals surface area (Å²) in [6.45, 7) is 13.6. The monoisotopic (exact) mass is 493 g/mol. The molecule has 2 saturated heterocycles. The van der Waals surface area contributed by atoms with Crippen molar-refractivity contribution in [1.82, 2.24) is 24.3 Å². The molecule has 0 saturated carbocycles. The van der Waals surface area contributed by atoms with Crippen molar-refractivity contribution in [2.24, 2.45) is 5.41 Å². The van der Waals surface area contributed by atoms with Crippen LogP contribution in [-0.2, 0) is 13.1 Å². The Hall–Kier alpha value is -2.84. The number of methoxy groups -OCH3 is 1. The summed E-state index contributed by atoms with van der Waals surface area (Å²) < 4.78 is 7.98. The van der Waals surface area contributed by atoms with Crippen molar-refractivity contribution in [3.63, 3.8) is 0 Å². The minimum atomic E-state index is 0.298. The van der Waals surface area contributed by atoms with Gasteiger partial charge in [0.15, 0.2) is 5.82 Å². The van der Waals surface area contributed by atoms with Gasteiger partial charge in [0.05, 0.1) is 19.2 Å². The summed E-state index contributed by atoms with van der Waals surface area (Å²) in [6.07, 6.45) is 5.53. The molecule has 36 heavy (non-hydrogen) atoms. The van der Waals surface area contributed by atoms with Crippen LogP contribution in [0.2, 0.25) is 0 Å². The first-order valence-corrected chi connectivity index (χ1v) is 13.4. The van der Waals surface area contributed by atoms with Gasteiger partial charge in [-0.3, -0.25) is 4.90 Å². The first-order valence-electron chi connectivity index (χ1n) is 13.4. The van der Waals surface area contributed by atoms with Crippen LogP contribution in [0.5, 0.6) is 5.75 Å². The Balaban J connectivity index is 0.00000148. The SMILES string of the molecule is CC.CCCCCNc1nc(N)nc2ccn(Cc3ccc(CN4CC5(CN(C)C5)C4)cc3OC)c12. The predicted octanol–water partition coefficient (Wildman–Crippen LogP) is 4.45. The molecule has 0 unspecified atom stereocenters. The summed E-state index contributed by atoms with van der Waals surface area (Å²) in [6, 6.07) is 8.62. The molecule has 1 aromatic carbocycles. The topological polar surface area (TPSA) is 84.5 Å². The van der Waals surface area contributed by atoms with Gasteiger partial charge in [0.1, 0.15) is 11.3 Å². The molecule has 2 fully saturated rings. The number of anilines is 2. The van der Waals surface area contributed by atoms with E-state index < -0.39 is 0 Å². The van der Waals surface area contributed by atoms with Crippen molar-refractivity contribution in [1.29, 1.82) is 0 Å². The number of hydrogen-bond donors (Lipinski definition) is 2. The Morgan fingerprint density at radius 1 is 1.06 bits per heavy atom. The van der Waals surface area contributed by atoms with Crippen molar-refractivity contribution < 1.29 is 4.74 Å². The van der Waals surface area contributed by atoms with Crippen molar-refractivity contribution >= 4 is 22.8 Å². The number of nitrogens with zero attached hydrogens (tertiary/aromatic N) is 5. The maximum atomic E-state index is 5.97. The number of nitrogen functional groups attached to an aromatic ring is 1. The Kier molecular flexibility index (Phi) is 8.36. The van der Waals surface area contributed by atoms with E-state index in [1.54, 1.807) is 7.11 Å². The molecule has 4 heterocycles. The zero-order valence-corrected chi connectivity index (χ0v) is 22.7. The maximum absolute atomic E-state index is 5.97. The standard InChI is InChI=1S/C26H37N7O.C2H6/c1-4-5-6-10-28-24-23-21(29-25(27)30-24)9-11-33(23)14-20-8-7-19(12-22(20)34-3)13-32-17-26(18-32)15-31(2)16-26;1-2/h7-9,11-12H,4-6,10,13-18H2,1-3H3,(H3,27,28,29,30);1-2H3. The molecule has 0 radical (unpaired) electrons. The molecule has 3 N–H and O–H groups in total. The zero-order chi connectivity index (χ0) is 25.7. The molecule has 8 nitrogen and oxygen atoms in total. The van der Waals surface area contributed by atoms with Gasteiger partial charge in [-0.05, 0) is 31.2 Å². The molecule has 0 aliphatic carbocycles. The van der Waals surface area contributed by atoms with Crippen LogP contribution in [0.1, 0.15) is 51.2 Å². The van der Waals surface area contributed by atoms with Crippen molar-refractivity contribution in [2.45, 2.75) is 53.1 Å². The zero-order valence-electron chi connectivity index (χ0n) is 22.7. The van der Waals surface area contributed by atoms with Crippen LogP contribution >= 0.6 is 0 Å². The molecular formula is C28H43N7O. The number of hydrogen-bond acceptors (Lipinski definition) is 7. The summed E-state index contributed by atoms with van der Waals surface area (Å²) in [7, 11) is 3.96. The summed E-state index contributed by atoms with van der Waals surface area (Å²) in [5.41, 5.74) is 10.8. The highest BCUT2D eigenvalue weighted by molar-refractivity contribution is 5.87. The van der Waals surface area contributed by atoms with Crippen LogP contribution in [0.15, 0.2) is 30.5 Å². The maximum Gasteiger partial charge on any atom is 0.222 e. The van der Waals surface area contributed by atoms with Crippen LogP contribution in [0.4, 0.5) is 11.8 Å². The number of likely N-dealkylation sites (tertiary alicyclic amines) is 2. The molecule has 0 amide bonds. The van der Waals surface area contributed by atoms with Crippen LogP contribution in [0, 0.1) is 5.41 Å². The minimum absolute atomic E-state index is 0.298. The van der Waals surface area contributed by atoms with E-state index in [1.807, 2.05) is 19.9 Å². The van der Waals surface area contributed by atoms with Crippen LogP contribution in [0.3, 0.4) is 0 Å². The molecule has 2 aromatic heterocycles. The van der Waals surface area contributed by atoms with E-state index in [0.29, 0.717) is 17.9 Å². The highest BCUT2D eigenvalue weighted by Crippen LogP contribution is 2.39. The molecular weight excluding hydrogens is 450 g/mol. The highest BCUT2D eigenvalue weighted by atomic mass is 16.5. The number of rotatable bonds is 10. The average Bonchev–Trinajstić information content (AvgIpc) is 3.24. The second-order valence-electron chi connectivity index (χ2n) is 10.2. The molecule has 2 aliphatic heterocycles. The van der Waals surface area contributed by atoms with E-state index in [0.717, 1.165) is 47.7 Å². The molecule has 2 aliphatic rings. The second kappa shape index (κ2) is 11.5. The lowest BCUT2D eigenvalue weighted by Gasteiger charge is -2.59. The van der Waals surface area contributed by atoms with Gasteiger partial charge >= 0.3 is 0 Å². The number of unbranched alkanes of at least 4 members (excludes halogenated alkanes) is 2. The molecule has 3 aromatic rings. The molecule has 8 heteroatoms. The molecule has 0 bridgehead atoms. The number of ether oxygens (including phenoxy) is 1. The van der Waals surface area contributed by atoms with E-state index in [2.05, 4.69) is 68.0 Å². The average molecular weight is 494 g/mol. The number of benzene rings is 1. The summed E-state index contributed by atoms with van der Waals surface area (Å²) >= 11 is 0. The lowest BCUT2D eigenvalue weighted by Crippen LogP contribution is -2.70. The Labute approximate surface area is 215 Å². The lowest BCUT2D eigenvalue weighted by molar-refractivity contribution is -0.107. The van der Waals surface area contributed by atoms with E-state index in [9.17, 15) is 0 Å². The van der Waals surface area contributed by atoms with Crippen LogP contribution < -0.4 is 15.8 Å². The van der Waals surface area contributed by atoms with E-state index in [-0.39, 0.29) is 0 Å². The number of fused-ring (bicyclic) bond motifs is 1. The van der Waals surface area contributed by atoms with Crippen LogP contribution in [-0.4, -0.2) is 71.2 Å². The van der Waals surface area contributed by atoms with Gasteiger partial charge in [-0.2, -0.15) is 4.98 Å².